The molecular weight excluding hydrogens is 439 g/mol. The Bertz CT molecular complexity index is 1130. The minimum atomic E-state index is -4.46. The molecule has 1 heterocycles. The minimum absolute atomic E-state index is 0.129. The molecule has 0 saturated carbocycles. The number of aliphatic hydroxyl groups excluding tert-OH is 1. The van der Waals surface area contributed by atoms with E-state index < -0.39 is 29.5 Å². The van der Waals surface area contributed by atoms with Gasteiger partial charge in [-0.25, -0.2) is 4.68 Å². The molecule has 0 saturated heterocycles. The van der Waals surface area contributed by atoms with Crippen LogP contribution in [-0.4, -0.2) is 45.8 Å². The topological polar surface area (TPSA) is 93.5 Å². The van der Waals surface area contributed by atoms with Crippen LogP contribution in [0.15, 0.2) is 54.6 Å². The number of benzene rings is 2. The van der Waals surface area contributed by atoms with Gasteiger partial charge < -0.3 is 15.2 Å². The molecule has 2 aromatic carbocycles. The van der Waals surface area contributed by atoms with Crippen LogP contribution in [0.4, 0.5) is 13.2 Å². The highest BCUT2D eigenvalue weighted by atomic mass is 19.4. The summed E-state index contributed by atoms with van der Waals surface area (Å²) in [5, 5.41) is 16.7. The van der Waals surface area contributed by atoms with Crippen molar-refractivity contribution < 1.29 is 32.6 Å². The molecule has 0 aliphatic rings. The van der Waals surface area contributed by atoms with Crippen LogP contribution in [0.5, 0.6) is 5.75 Å². The summed E-state index contributed by atoms with van der Waals surface area (Å²) in [6.07, 6.45) is -5.64. The second kappa shape index (κ2) is 9.86. The number of alkyl halides is 3. The molecular formula is C23H22F3N3O4. The number of carbonyl (C=O) groups is 2. The largest absolute Gasteiger partial charge is 0.491 e. The molecule has 1 unspecified atom stereocenters. The van der Waals surface area contributed by atoms with Crippen LogP contribution in [0.1, 0.15) is 27.3 Å². The normalized spacial score (nSPS) is 12.3. The first-order valence-corrected chi connectivity index (χ1v) is 10.00. The van der Waals surface area contributed by atoms with Crippen molar-refractivity contribution in [3.8, 4) is 11.4 Å². The van der Waals surface area contributed by atoms with E-state index in [1.165, 1.54) is 0 Å². The van der Waals surface area contributed by atoms with Gasteiger partial charge in [-0.15, -0.1) is 0 Å². The van der Waals surface area contributed by atoms with Crippen LogP contribution >= 0.6 is 0 Å². The van der Waals surface area contributed by atoms with Gasteiger partial charge in [-0.05, 0) is 50.2 Å². The number of carbonyl (C=O) groups excluding carboxylic acids is 2. The van der Waals surface area contributed by atoms with Crippen molar-refractivity contribution in [2.24, 2.45) is 0 Å². The average molecular weight is 461 g/mol. The molecule has 0 fully saturated rings. The first-order chi connectivity index (χ1) is 15.6. The van der Waals surface area contributed by atoms with E-state index in [-0.39, 0.29) is 24.5 Å². The van der Waals surface area contributed by atoms with Gasteiger partial charge >= 0.3 is 6.18 Å². The van der Waals surface area contributed by atoms with Crippen molar-refractivity contribution in [3.63, 3.8) is 0 Å². The van der Waals surface area contributed by atoms with E-state index in [1.54, 1.807) is 18.5 Å². The zero-order chi connectivity index (χ0) is 24.2. The summed E-state index contributed by atoms with van der Waals surface area (Å²) in [6.45, 7) is 2.74. The Labute approximate surface area is 187 Å². The Morgan fingerprint density at radius 3 is 2.33 bits per heavy atom. The number of hydrogen-bond acceptors (Lipinski definition) is 5. The molecule has 1 atom stereocenters. The third kappa shape index (κ3) is 5.78. The molecule has 174 valence electrons. The fraction of sp³-hybridized carbons (Fsp3) is 0.261. The van der Waals surface area contributed by atoms with Gasteiger partial charge in [-0.2, -0.15) is 18.3 Å². The third-order valence-corrected chi connectivity index (χ3v) is 4.85. The minimum Gasteiger partial charge on any atom is -0.491 e. The average Bonchev–Trinajstić information content (AvgIpc) is 3.09. The summed E-state index contributed by atoms with van der Waals surface area (Å²) in [4.78, 5) is 25.0. The summed E-state index contributed by atoms with van der Waals surface area (Å²) < 4.78 is 44.6. The zero-order valence-corrected chi connectivity index (χ0v) is 17.9. The Kier molecular flexibility index (Phi) is 7.17. The van der Waals surface area contributed by atoms with E-state index in [4.69, 9.17) is 4.74 Å². The molecule has 3 rings (SSSR count). The molecule has 2 N–H and O–H groups in total. The smallest absolute Gasteiger partial charge is 0.416 e. The molecule has 0 aliphatic heterocycles. The van der Waals surface area contributed by atoms with E-state index in [0.717, 1.165) is 30.0 Å². The first kappa shape index (κ1) is 24.0. The quantitative estimate of drug-likeness (QED) is 0.397. The van der Waals surface area contributed by atoms with Gasteiger partial charge in [0.15, 0.2) is 0 Å². The Morgan fingerprint density at radius 2 is 1.73 bits per heavy atom. The van der Waals surface area contributed by atoms with Gasteiger partial charge in [0.1, 0.15) is 18.5 Å². The zero-order valence-electron chi connectivity index (χ0n) is 17.9. The lowest BCUT2D eigenvalue weighted by atomic mass is 10.1. The van der Waals surface area contributed by atoms with E-state index in [2.05, 4.69) is 10.4 Å². The summed E-state index contributed by atoms with van der Waals surface area (Å²) in [5.41, 5.74) is 0.996. The molecule has 0 spiro atoms. The van der Waals surface area contributed by atoms with Crippen molar-refractivity contribution in [1.29, 1.82) is 0 Å². The van der Waals surface area contributed by atoms with Crippen molar-refractivity contribution in [2.45, 2.75) is 26.1 Å². The number of nitrogens with one attached hydrogen (secondary N) is 1. The van der Waals surface area contributed by atoms with Crippen LogP contribution in [0, 0.1) is 13.8 Å². The molecule has 10 heteroatoms. The number of aliphatic hydroxyl groups is 1. The number of ketones is 1. The Hall–Kier alpha value is -3.66. The maximum atomic E-state index is 12.7. The van der Waals surface area contributed by atoms with Gasteiger partial charge in [0.2, 0.25) is 0 Å². The van der Waals surface area contributed by atoms with Gasteiger partial charge in [0.05, 0.1) is 28.2 Å². The number of aryl methyl sites for hydroxylation is 1. The number of halogens is 3. The molecule has 3 aromatic rings. The molecule has 33 heavy (non-hydrogen) atoms. The SMILES string of the molecule is Cc1nn(-c2ccccc2)c(C)c1C(=O)C(=O)NCC(O)COc1ccc(C(F)(F)F)cc1. The van der Waals surface area contributed by atoms with E-state index in [1.807, 2.05) is 30.3 Å². The summed E-state index contributed by atoms with van der Waals surface area (Å²) in [5.74, 6) is -1.57. The lowest BCUT2D eigenvalue weighted by Crippen LogP contribution is -2.39. The summed E-state index contributed by atoms with van der Waals surface area (Å²) in [7, 11) is 0. The molecule has 7 nitrogen and oxygen atoms in total. The number of ether oxygens (including phenoxy) is 1. The second-order valence-corrected chi connectivity index (χ2v) is 7.32. The van der Waals surface area contributed by atoms with Crippen LogP contribution < -0.4 is 10.1 Å². The molecule has 0 aliphatic carbocycles. The summed E-state index contributed by atoms with van der Waals surface area (Å²) >= 11 is 0. The van der Waals surface area contributed by atoms with E-state index in [9.17, 15) is 27.9 Å². The number of rotatable bonds is 8. The molecule has 1 aromatic heterocycles. The first-order valence-electron chi connectivity index (χ1n) is 10.00. The highest BCUT2D eigenvalue weighted by molar-refractivity contribution is 6.43. The fourth-order valence-electron chi connectivity index (χ4n) is 3.19. The predicted octanol–water partition coefficient (Wildman–Crippen LogP) is 3.25. The maximum absolute atomic E-state index is 12.7. The number of aromatic nitrogens is 2. The lowest BCUT2D eigenvalue weighted by molar-refractivity contribution is -0.137. The summed E-state index contributed by atoms with van der Waals surface area (Å²) in [6, 6.07) is 13.1. The van der Waals surface area contributed by atoms with Crippen molar-refractivity contribution in [3.05, 3.63) is 77.1 Å². The van der Waals surface area contributed by atoms with Gasteiger partial charge in [-0.3, -0.25) is 9.59 Å². The van der Waals surface area contributed by atoms with Gasteiger partial charge in [0, 0.05) is 6.54 Å². The van der Waals surface area contributed by atoms with Crippen LogP contribution in [0.25, 0.3) is 5.69 Å². The van der Waals surface area contributed by atoms with Gasteiger partial charge in [0.25, 0.3) is 11.7 Å². The number of hydrogen-bond donors (Lipinski definition) is 2. The van der Waals surface area contributed by atoms with Crippen LogP contribution in [0.2, 0.25) is 0 Å². The van der Waals surface area contributed by atoms with E-state index in [0.29, 0.717) is 11.4 Å². The maximum Gasteiger partial charge on any atom is 0.416 e. The second-order valence-electron chi connectivity index (χ2n) is 7.32. The predicted molar refractivity (Wildman–Crippen MR) is 113 cm³/mol. The molecule has 1 amide bonds. The van der Waals surface area contributed by atoms with Crippen molar-refractivity contribution in [1.82, 2.24) is 15.1 Å². The number of nitrogens with zero attached hydrogens (tertiary/aromatic N) is 2. The van der Waals surface area contributed by atoms with Gasteiger partial charge in [-0.1, -0.05) is 18.2 Å². The lowest BCUT2D eigenvalue weighted by Gasteiger charge is -2.14. The van der Waals surface area contributed by atoms with Crippen LogP contribution in [-0.2, 0) is 11.0 Å². The number of Topliss-reactive ketones (excluding diaryl/α,β-unsaturated/α-hetero) is 1. The number of amides is 1. The molecule has 0 radical (unpaired) electrons. The highest BCUT2D eigenvalue weighted by Crippen LogP contribution is 2.30. The number of para-hydroxylation sites is 1. The molecule has 0 bridgehead atoms. The fourth-order valence-corrected chi connectivity index (χ4v) is 3.19. The van der Waals surface area contributed by atoms with E-state index >= 15 is 0 Å². The highest BCUT2D eigenvalue weighted by Gasteiger charge is 2.30. The Morgan fingerprint density at radius 1 is 1.09 bits per heavy atom. The third-order valence-electron chi connectivity index (χ3n) is 4.85. The standard InChI is InChI=1S/C23H22F3N3O4/c1-14-20(15(2)29(28-14)17-6-4-3-5-7-17)21(31)22(32)27-12-18(30)13-33-19-10-8-16(9-11-19)23(24,25)26/h3-11,18,30H,12-13H2,1-2H3,(H,27,32). The van der Waals surface area contributed by atoms with Crippen LogP contribution in [0.3, 0.4) is 0 Å². The Balaban J connectivity index is 1.55. The van der Waals surface area contributed by atoms with Crippen molar-refractivity contribution >= 4 is 11.7 Å². The van der Waals surface area contributed by atoms with Crippen molar-refractivity contribution in [2.75, 3.05) is 13.2 Å². The monoisotopic (exact) mass is 461 g/mol.